The average Bonchev–Trinajstić information content (AvgIpc) is 2.75. The number of hydrogen-bond acceptors (Lipinski definition) is 6. The number of ether oxygens (including phenoxy) is 4. The van der Waals surface area contributed by atoms with Gasteiger partial charge in [0.25, 0.3) is 5.91 Å². The van der Waals surface area contributed by atoms with Gasteiger partial charge >= 0.3 is 5.97 Å². The van der Waals surface area contributed by atoms with Gasteiger partial charge in [-0.25, -0.2) is 4.79 Å². The van der Waals surface area contributed by atoms with Crippen LogP contribution in [0, 0.1) is 0 Å². The lowest BCUT2D eigenvalue weighted by Crippen LogP contribution is -2.21. The monoisotopic (exact) mass is 461 g/mol. The Balaban J connectivity index is 2.01. The molecule has 0 saturated heterocycles. The Morgan fingerprint density at radius 2 is 1.69 bits per heavy atom. The molecule has 2 aromatic carbocycles. The first-order valence-corrected chi connectivity index (χ1v) is 10.2. The highest BCUT2D eigenvalue weighted by Gasteiger charge is 2.17. The number of halogens is 1. The molecule has 0 aromatic heterocycles. The number of methoxy groups -OCH3 is 3. The molecule has 0 radical (unpaired) electrons. The molecule has 0 heterocycles. The first-order chi connectivity index (χ1) is 15.1. The quantitative estimate of drug-likeness (QED) is 0.446. The van der Waals surface area contributed by atoms with Crippen molar-refractivity contribution in [3.05, 3.63) is 52.6 Å². The van der Waals surface area contributed by atoms with Crippen molar-refractivity contribution in [2.24, 2.45) is 0 Å². The second kappa shape index (κ2) is 10.9. The van der Waals surface area contributed by atoms with E-state index in [1.165, 1.54) is 33.5 Å². The Morgan fingerprint density at radius 1 is 1.00 bits per heavy atom. The summed E-state index contributed by atoms with van der Waals surface area (Å²) in [5.41, 5.74) is 2.05. The van der Waals surface area contributed by atoms with Gasteiger partial charge in [-0.1, -0.05) is 38.4 Å². The fourth-order valence-corrected chi connectivity index (χ4v) is 3.14. The molecule has 2 rings (SSSR count). The van der Waals surface area contributed by atoms with Crippen molar-refractivity contribution >= 4 is 35.2 Å². The molecule has 0 aliphatic heterocycles. The van der Waals surface area contributed by atoms with Gasteiger partial charge < -0.3 is 24.3 Å². The zero-order chi connectivity index (χ0) is 23.9. The highest BCUT2D eigenvalue weighted by molar-refractivity contribution is 6.32. The maximum Gasteiger partial charge on any atom is 0.331 e. The fourth-order valence-electron chi connectivity index (χ4n) is 2.84. The van der Waals surface area contributed by atoms with E-state index in [0.29, 0.717) is 33.5 Å². The Hall–Kier alpha value is -3.19. The van der Waals surface area contributed by atoms with Crippen molar-refractivity contribution in [2.45, 2.75) is 26.2 Å². The molecule has 8 heteroatoms. The Labute approximate surface area is 193 Å². The van der Waals surface area contributed by atoms with Crippen LogP contribution in [0.15, 0.2) is 36.4 Å². The molecular weight excluding hydrogens is 434 g/mol. The molecule has 0 fully saturated rings. The summed E-state index contributed by atoms with van der Waals surface area (Å²) in [6.45, 7) is 5.76. The zero-order valence-corrected chi connectivity index (χ0v) is 19.8. The fraction of sp³-hybridized carbons (Fsp3) is 0.333. The molecular formula is C24H28ClNO6. The number of rotatable bonds is 8. The Bertz CT molecular complexity index is 1010. The number of esters is 1. The third-order valence-electron chi connectivity index (χ3n) is 4.55. The summed E-state index contributed by atoms with van der Waals surface area (Å²) in [6.07, 6.45) is 2.70. The largest absolute Gasteiger partial charge is 0.495 e. The van der Waals surface area contributed by atoms with Gasteiger partial charge in [0.05, 0.1) is 32.0 Å². The van der Waals surface area contributed by atoms with E-state index in [9.17, 15) is 9.59 Å². The van der Waals surface area contributed by atoms with Gasteiger partial charge in [0.1, 0.15) is 5.75 Å². The number of nitrogens with one attached hydrogen (secondary N) is 1. The molecule has 172 valence electrons. The van der Waals surface area contributed by atoms with E-state index in [4.69, 9.17) is 30.5 Å². The standard InChI is InChI=1S/C24H28ClNO6/c1-24(2,3)16-8-9-19(29-4)18(13-16)26-21(27)14-32-22(28)10-7-15-11-17(25)23(31-6)20(12-15)30-5/h7-13H,14H2,1-6H3,(H,26,27)/b10-7+. The molecule has 1 N–H and O–H groups in total. The number of carbonyl (C=O) groups is 2. The number of benzene rings is 2. The van der Waals surface area contributed by atoms with E-state index in [0.717, 1.165) is 5.56 Å². The second-order valence-electron chi connectivity index (χ2n) is 7.89. The van der Waals surface area contributed by atoms with Crippen LogP contribution in [0.5, 0.6) is 17.2 Å². The molecule has 0 atom stereocenters. The first kappa shape index (κ1) is 25.1. The summed E-state index contributed by atoms with van der Waals surface area (Å²) >= 11 is 6.15. The van der Waals surface area contributed by atoms with E-state index < -0.39 is 18.5 Å². The maximum atomic E-state index is 12.3. The number of anilines is 1. The predicted molar refractivity (Wildman–Crippen MR) is 125 cm³/mol. The summed E-state index contributed by atoms with van der Waals surface area (Å²) in [6, 6.07) is 8.86. The minimum absolute atomic E-state index is 0.101. The van der Waals surface area contributed by atoms with Crippen molar-refractivity contribution in [3.8, 4) is 17.2 Å². The molecule has 0 aliphatic rings. The minimum Gasteiger partial charge on any atom is -0.495 e. The summed E-state index contributed by atoms with van der Waals surface area (Å²) in [7, 11) is 4.49. The van der Waals surface area contributed by atoms with Crippen LogP contribution in [0.1, 0.15) is 31.9 Å². The minimum atomic E-state index is -0.679. The topological polar surface area (TPSA) is 83.1 Å². The third kappa shape index (κ3) is 6.65. The summed E-state index contributed by atoms with van der Waals surface area (Å²) in [4.78, 5) is 24.3. The van der Waals surface area contributed by atoms with Gasteiger partial charge in [0, 0.05) is 6.08 Å². The second-order valence-corrected chi connectivity index (χ2v) is 8.30. The number of carbonyl (C=O) groups excluding carboxylic acids is 2. The predicted octanol–water partition coefficient (Wildman–Crippen LogP) is 4.86. The molecule has 0 spiro atoms. The Morgan fingerprint density at radius 3 is 2.28 bits per heavy atom. The van der Waals surface area contributed by atoms with E-state index in [-0.39, 0.29) is 5.41 Å². The summed E-state index contributed by atoms with van der Waals surface area (Å²) < 4.78 is 20.7. The lowest BCUT2D eigenvalue weighted by Gasteiger charge is -2.21. The van der Waals surface area contributed by atoms with Crippen molar-refractivity contribution in [1.29, 1.82) is 0 Å². The van der Waals surface area contributed by atoms with Crippen LogP contribution < -0.4 is 19.5 Å². The molecule has 0 saturated carbocycles. The van der Waals surface area contributed by atoms with Crippen LogP contribution >= 0.6 is 11.6 Å². The SMILES string of the molecule is COc1ccc(C(C)(C)C)cc1NC(=O)COC(=O)/C=C/c1cc(Cl)c(OC)c(OC)c1. The Kier molecular flexibility index (Phi) is 8.55. The molecule has 0 aliphatic carbocycles. The maximum absolute atomic E-state index is 12.3. The molecule has 1 amide bonds. The van der Waals surface area contributed by atoms with Crippen LogP contribution in [-0.2, 0) is 19.7 Å². The van der Waals surface area contributed by atoms with Crippen molar-refractivity contribution in [2.75, 3.05) is 33.3 Å². The van der Waals surface area contributed by atoms with Gasteiger partial charge in [0.2, 0.25) is 0 Å². The molecule has 2 aromatic rings. The average molecular weight is 462 g/mol. The van der Waals surface area contributed by atoms with Gasteiger partial charge in [-0.15, -0.1) is 0 Å². The van der Waals surface area contributed by atoms with E-state index >= 15 is 0 Å². The van der Waals surface area contributed by atoms with Crippen molar-refractivity contribution < 1.29 is 28.5 Å². The van der Waals surface area contributed by atoms with Gasteiger partial charge in [-0.05, 0) is 46.9 Å². The molecule has 32 heavy (non-hydrogen) atoms. The molecule has 7 nitrogen and oxygen atoms in total. The number of amides is 1. The summed E-state index contributed by atoms with van der Waals surface area (Å²) in [5.74, 6) is 0.185. The summed E-state index contributed by atoms with van der Waals surface area (Å²) in [5, 5.41) is 3.06. The smallest absolute Gasteiger partial charge is 0.331 e. The van der Waals surface area contributed by atoms with Gasteiger partial charge in [0.15, 0.2) is 18.1 Å². The van der Waals surface area contributed by atoms with Gasteiger partial charge in [-0.3, -0.25) is 4.79 Å². The number of hydrogen-bond donors (Lipinski definition) is 1. The van der Waals surface area contributed by atoms with E-state index in [1.54, 1.807) is 18.2 Å². The van der Waals surface area contributed by atoms with Crippen LogP contribution in [-0.4, -0.2) is 39.8 Å². The highest BCUT2D eigenvalue weighted by Crippen LogP contribution is 2.36. The molecule has 0 bridgehead atoms. The first-order valence-electron chi connectivity index (χ1n) is 9.83. The van der Waals surface area contributed by atoms with Crippen LogP contribution in [0.25, 0.3) is 6.08 Å². The van der Waals surface area contributed by atoms with Crippen LogP contribution in [0.4, 0.5) is 5.69 Å². The lowest BCUT2D eigenvalue weighted by molar-refractivity contribution is -0.142. The molecule has 0 unspecified atom stereocenters. The lowest BCUT2D eigenvalue weighted by atomic mass is 9.87. The third-order valence-corrected chi connectivity index (χ3v) is 4.83. The zero-order valence-electron chi connectivity index (χ0n) is 19.1. The van der Waals surface area contributed by atoms with Crippen LogP contribution in [0.2, 0.25) is 5.02 Å². The van der Waals surface area contributed by atoms with Crippen LogP contribution in [0.3, 0.4) is 0 Å². The highest BCUT2D eigenvalue weighted by atomic mass is 35.5. The van der Waals surface area contributed by atoms with E-state index in [2.05, 4.69) is 26.1 Å². The van der Waals surface area contributed by atoms with Crippen molar-refractivity contribution in [3.63, 3.8) is 0 Å². The van der Waals surface area contributed by atoms with Crippen molar-refractivity contribution in [1.82, 2.24) is 0 Å². The van der Waals surface area contributed by atoms with Gasteiger partial charge in [-0.2, -0.15) is 0 Å². The normalized spacial score (nSPS) is 11.2. The van der Waals surface area contributed by atoms with E-state index in [1.807, 2.05) is 12.1 Å².